The Morgan fingerprint density at radius 3 is 2.83 bits per heavy atom. The van der Waals surface area contributed by atoms with Gasteiger partial charge in [0.2, 0.25) is 5.78 Å². The number of hydrogen-bond donors (Lipinski definition) is 3. The highest BCUT2D eigenvalue weighted by molar-refractivity contribution is 7.98. The minimum absolute atomic E-state index is 0.0247. The summed E-state index contributed by atoms with van der Waals surface area (Å²) >= 11 is 1.12. The van der Waals surface area contributed by atoms with Crippen molar-refractivity contribution in [3.63, 3.8) is 0 Å². The van der Waals surface area contributed by atoms with Crippen molar-refractivity contribution in [2.45, 2.75) is 12.8 Å². The van der Waals surface area contributed by atoms with Crippen LogP contribution in [0.5, 0.6) is 0 Å². The van der Waals surface area contributed by atoms with E-state index in [0.717, 1.165) is 37.6 Å². The van der Waals surface area contributed by atoms with Crippen LogP contribution in [0, 0.1) is 17.6 Å². The summed E-state index contributed by atoms with van der Waals surface area (Å²) in [5, 5.41) is 3.65. The zero-order chi connectivity index (χ0) is 20.5. The molecular weight excluding hydrogens is 398 g/mol. The first-order valence-corrected chi connectivity index (χ1v) is 9.92. The summed E-state index contributed by atoms with van der Waals surface area (Å²) in [7, 11) is 3.54. The van der Waals surface area contributed by atoms with Crippen LogP contribution in [0.1, 0.15) is 28.8 Å². The molecule has 152 valence electrons. The Morgan fingerprint density at radius 1 is 1.31 bits per heavy atom. The van der Waals surface area contributed by atoms with Crippen LogP contribution in [0.3, 0.4) is 0 Å². The second-order valence-electron chi connectivity index (χ2n) is 7.09. The zero-order valence-electron chi connectivity index (χ0n) is 15.9. The van der Waals surface area contributed by atoms with Gasteiger partial charge in [0.15, 0.2) is 5.82 Å². The molecule has 29 heavy (non-hydrogen) atoms. The fraction of sp³-hybridized carbons (Fsp3) is 0.316. The normalized spacial score (nSPS) is 13.8. The van der Waals surface area contributed by atoms with Gasteiger partial charge in [-0.25, -0.2) is 23.1 Å². The molecule has 7 nitrogen and oxygen atoms in total. The number of fused-ring (bicyclic) bond motifs is 1. The molecule has 0 aliphatic heterocycles. The van der Waals surface area contributed by atoms with Crippen LogP contribution < -0.4 is 10.0 Å². The molecular formula is C19H20F2N6OS. The number of halogens is 2. The van der Waals surface area contributed by atoms with Crippen molar-refractivity contribution >= 4 is 40.5 Å². The van der Waals surface area contributed by atoms with Crippen LogP contribution in [-0.4, -0.2) is 45.7 Å². The maximum absolute atomic E-state index is 15.0. The third-order valence-electron chi connectivity index (χ3n) is 4.63. The van der Waals surface area contributed by atoms with E-state index in [0.29, 0.717) is 22.8 Å². The lowest BCUT2D eigenvalue weighted by Crippen LogP contribution is -2.12. The molecule has 3 aromatic rings. The monoisotopic (exact) mass is 418 g/mol. The number of carbonyl (C=O) groups excluding carboxylic acids is 1. The van der Waals surface area contributed by atoms with Gasteiger partial charge in [0.25, 0.3) is 0 Å². The summed E-state index contributed by atoms with van der Waals surface area (Å²) in [5.74, 6) is -1.57. The maximum Gasteiger partial charge on any atom is 0.201 e. The highest BCUT2D eigenvalue weighted by Gasteiger charge is 2.27. The number of ketones is 1. The first kappa shape index (κ1) is 19.6. The van der Waals surface area contributed by atoms with Crippen molar-refractivity contribution in [1.29, 1.82) is 0 Å². The van der Waals surface area contributed by atoms with Gasteiger partial charge in [-0.1, -0.05) is 0 Å². The molecule has 2 aromatic heterocycles. The second-order valence-corrected chi connectivity index (χ2v) is 8.21. The number of carbonyl (C=O) groups is 1. The molecule has 0 unspecified atom stereocenters. The summed E-state index contributed by atoms with van der Waals surface area (Å²) < 4.78 is 33.9. The minimum Gasteiger partial charge on any atom is -0.369 e. The number of hydrogen-bond acceptors (Lipinski definition) is 7. The van der Waals surface area contributed by atoms with Crippen LogP contribution >= 0.6 is 12.1 Å². The van der Waals surface area contributed by atoms with Crippen LogP contribution in [0.4, 0.5) is 20.3 Å². The molecule has 4 rings (SSSR count). The van der Waals surface area contributed by atoms with Crippen molar-refractivity contribution < 1.29 is 13.6 Å². The summed E-state index contributed by atoms with van der Waals surface area (Å²) in [4.78, 5) is 24.4. The first-order valence-electron chi connectivity index (χ1n) is 9.14. The van der Waals surface area contributed by atoms with E-state index in [9.17, 15) is 13.6 Å². The van der Waals surface area contributed by atoms with Gasteiger partial charge in [-0.15, -0.1) is 0 Å². The van der Waals surface area contributed by atoms with E-state index in [-0.39, 0.29) is 11.3 Å². The van der Waals surface area contributed by atoms with Crippen LogP contribution in [0.2, 0.25) is 0 Å². The lowest BCUT2D eigenvalue weighted by atomic mass is 10.0. The highest BCUT2D eigenvalue weighted by Crippen LogP contribution is 2.32. The summed E-state index contributed by atoms with van der Waals surface area (Å²) in [6, 6.07) is 2.34. The SMILES string of the molecule is CN(C)SNc1ccc(F)c(C(=O)c2c[nH]c3ncnc(NCC4CC4)c23)c1F. The van der Waals surface area contributed by atoms with E-state index >= 15 is 0 Å². The average molecular weight is 418 g/mol. The number of nitrogens with zero attached hydrogens (tertiary/aromatic N) is 3. The molecule has 0 bridgehead atoms. The van der Waals surface area contributed by atoms with E-state index in [2.05, 4.69) is 25.0 Å². The molecule has 0 saturated heterocycles. The summed E-state index contributed by atoms with van der Waals surface area (Å²) in [6.45, 7) is 0.731. The van der Waals surface area contributed by atoms with Crippen LogP contribution in [-0.2, 0) is 0 Å². The molecule has 2 heterocycles. The van der Waals surface area contributed by atoms with Gasteiger partial charge >= 0.3 is 0 Å². The van der Waals surface area contributed by atoms with Crippen molar-refractivity contribution in [3.05, 3.63) is 47.4 Å². The van der Waals surface area contributed by atoms with E-state index in [1.807, 2.05) is 0 Å². The Labute approximate surface area is 170 Å². The number of rotatable bonds is 8. The fourth-order valence-electron chi connectivity index (χ4n) is 2.95. The number of benzene rings is 1. The molecule has 0 radical (unpaired) electrons. The lowest BCUT2D eigenvalue weighted by molar-refractivity contribution is 0.103. The van der Waals surface area contributed by atoms with Gasteiger partial charge in [0.05, 0.1) is 22.2 Å². The highest BCUT2D eigenvalue weighted by atomic mass is 32.2. The lowest BCUT2D eigenvalue weighted by Gasteiger charge is -2.13. The number of anilines is 2. The predicted octanol–water partition coefficient (Wildman–Crippen LogP) is 3.83. The Bertz CT molecular complexity index is 1070. The molecule has 0 atom stereocenters. The fourth-order valence-corrected chi connectivity index (χ4v) is 3.39. The molecule has 10 heteroatoms. The molecule has 1 fully saturated rings. The van der Waals surface area contributed by atoms with E-state index in [4.69, 9.17) is 0 Å². The molecule has 1 aliphatic carbocycles. The van der Waals surface area contributed by atoms with Gasteiger partial charge in [0, 0.05) is 24.9 Å². The van der Waals surface area contributed by atoms with E-state index in [1.165, 1.54) is 18.6 Å². The zero-order valence-corrected chi connectivity index (χ0v) is 16.7. The third kappa shape index (κ3) is 4.03. The molecule has 3 N–H and O–H groups in total. The number of aromatic amines is 1. The number of aromatic nitrogens is 3. The maximum atomic E-state index is 15.0. The quantitative estimate of drug-likeness (QED) is 0.379. The minimum atomic E-state index is -0.942. The van der Waals surface area contributed by atoms with Crippen LogP contribution in [0.25, 0.3) is 11.0 Å². The average Bonchev–Trinajstić information content (AvgIpc) is 3.42. The summed E-state index contributed by atoms with van der Waals surface area (Å²) in [5.41, 5.74) is -0.0436. The Kier molecular flexibility index (Phi) is 5.37. The molecule has 1 aromatic carbocycles. The summed E-state index contributed by atoms with van der Waals surface area (Å²) in [6.07, 6.45) is 5.10. The molecule has 0 amide bonds. The topological polar surface area (TPSA) is 85.9 Å². The largest absolute Gasteiger partial charge is 0.369 e. The van der Waals surface area contributed by atoms with Gasteiger partial charge in [-0.2, -0.15) is 0 Å². The van der Waals surface area contributed by atoms with E-state index in [1.54, 1.807) is 18.4 Å². The number of H-pyrrole nitrogens is 1. The van der Waals surface area contributed by atoms with Gasteiger partial charge in [0.1, 0.15) is 23.6 Å². The third-order valence-corrected chi connectivity index (χ3v) is 5.30. The molecule has 0 spiro atoms. The second kappa shape index (κ2) is 7.96. The van der Waals surface area contributed by atoms with Crippen molar-refractivity contribution in [2.24, 2.45) is 5.92 Å². The smallest absolute Gasteiger partial charge is 0.201 e. The van der Waals surface area contributed by atoms with Crippen molar-refractivity contribution in [3.8, 4) is 0 Å². The Hall–Kier alpha value is -2.72. The van der Waals surface area contributed by atoms with Gasteiger partial charge < -0.3 is 15.0 Å². The Balaban J connectivity index is 1.72. The van der Waals surface area contributed by atoms with Crippen LogP contribution in [0.15, 0.2) is 24.7 Å². The first-order chi connectivity index (χ1) is 14.0. The van der Waals surface area contributed by atoms with Gasteiger partial charge in [-0.3, -0.25) is 4.79 Å². The van der Waals surface area contributed by atoms with Crippen molar-refractivity contribution in [1.82, 2.24) is 19.3 Å². The standard InChI is InChI=1S/C19H20F2N6OS/c1-27(2)29-26-13-6-5-12(20)15(16(13)21)17(28)11-8-23-19-14(11)18(24-9-25-19)22-7-10-3-4-10/h5-6,8-10,26H,3-4,7H2,1-2H3,(H2,22,23,24,25). The van der Waals surface area contributed by atoms with E-state index < -0.39 is 23.0 Å². The van der Waals surface area contributed by atoms with Gasteiger partial charge in [-0.05, 0) is 45.0 Å². The molecule has 1 aliphatic rings. The Morgan fingerprint density at radius 2 is 2.10 bits per heavy atom. The van der Waals surface area contributed by atoms with Crippen molar-refractivity contribution in [2.75, 3.05) is 30.7 Å². The number of nitrogens with one attached hydrogen (secondary N) is 3. The predicted molar refractivity (Wildman–Crippen MR) is 110 cm³/mol. The molecule has 1 saturated carbocycles.